The third-order valence-corrected chi connectivity index (χ3v) is 4.94. The molecule has 0 unspecified atom stereocenters. The van der Waals surface area contributed by atoms with Gasteiger partial charge in [-0.3, -0.25) is 4.99 Å². The largest absolute Gasteiger partial charge is 0.497 e. The number of hydrogen-bond acceptors (Lipinski definition) is 4. The molecule has 0 amide bonds. The van der Waals surface area contributed by atoms with E-state index >= 15 is 0 Å². The molecule has 1 heterocycles. The number of ether oxygens (including phenoxy) is 2. The van der Waals surface area contributed by atoms with Crippen molar-refractivity contribution in [3.63, 3.8) is 0 Å². The van der Waals surface area contributed by atoms with E-state index in [9.17, 15) is 0 Å². The molecule has 3 aromatic rings. The first-order chi connectivity index (χ1) is 14.1. The second kappa shape index (κ2) is 9.32. The smallest absolute Gasteiger partial charge is 0.193 e. The van der Waals surface area contributed by atoms with Crippen molar-refractivity contribution in [2.75, 3.05) is 34.9 Å². The molecule has 0 radical (unpaired) electrons. The first-order valence-corrected chi connectivity index (χ1v) is 9.62. The van der Waals surface area contributed by atoms with Crippen LogP contribution in [0.1, 0.15) is 11.4 Å². The van der Waals surface area contributed by atoms with Crippen LogP contribution in [0.4, 0.5) is 0 Å². The topological polar surface area (TPSA) is 63.9 Å². The molecule has 7 heteroatoms. The number of aryl methyl sites for hydroxylation is 1. The van der Waals surface area contributed by atoms with Crippen LogP contribution >= 0.6 is 0 Å². The van der Waals surface area contributed by atoms with E-state index in [0.29, 0.717) is 6.54 Å². The van der Waals surface area contributed by atoms with Gasteiger partial charge in [0, 0.05) is 45.4 Å². The molecule has 0 fully saturated rings. The number of fused-ring (bicyclic) bond motifs is 1. The van der Waals surface area contributed by atoms with Gasteiger partial charge in [0.25, 0.3) is 0 Å². The molecule has 7 nitrogen and oxygen atoms in total. The number of rotatable bonds is 7. The molecule has 1 N–H and O–H groups in total. The predicted octanol–water partition coefficient (Wildman–Crippen LogP) is 3.07. The van der Waals surface area contributed by atoms with Gasteiger partial charge in [-0.1, -0.05) is 12.1 Å². The normalized spacial score (nSPS) is 11.6. The standard InChI is InChI=1S/C22H29N5O2/c1-16-25-19-8-6-7-9-20(19)27(16)13-12-24-22(23-2)26(3)15-17-10-11-18(28-4)14-21(17)29-5/h6-11,14H,12-13,15H2,1-5H3,(H,23,24). The summed E-state index contributed by atoms with van der Waals surface area (Å²) in [4.78, 5) is 11.1. The molecule has 1 aromatic heterocycles. The lowest BCUT2D eigenvalue weighted by molar-refractivity contribution is 0.382. The van der Waals surface area contributed by atoms with Crippen LogP contribution in [0.5, 0.6) is 11.5 Å². The number of imidazole rings is 1. The maximum Gasteiger partial charge on any atom is 0.193 e. The third kappa shape index (κ3) is 4.62. The molecule has 0 bridgehead atoms. The molecule has 29 heavy (non-hydrogen) atoms. The minimum absolute atomic E-state index is 0.667. The minimum atomic E-state index is 0.667. The van der Waals surface area contributed by atoms with Crippen molar-refractivity contribution < 1.29 is 9.47 Å². The van der Waals surface area contributed by atoms with E-state index in [1.807, 2.05) is 50.4 Å². The van der Waals surface area contributed by atoms with Crippen LogP contribution in [0, 0.1) is 6.92 Å². The molecule has 2 aromatic carbocycles. The molecule has 0 aliphatic heterocycles. The summed E-state index contributed by atoms with van der Waals surface area (Å²) in [6.45, 7) is 4.26. The van der Waals surface area contributed by atoms with E-state index < -0.39 is 0 Å². The van der Waals surface area contributed by atoms with E-state index in [4.69, 9.17) is 9.47 Å². The highest BCUT2D eigenvalue weighted by atomic mass is 16.5. The Morgan fingerprint density at radius 1 is 1.17 bits per heavy atom. The lowest BCUT2D eigenvalue weighted by atomic mass is 10.2. The number of hydrogen-bond donors (Lipinski definition) is 1. The lowest BCUT2D eigenvalue weighted by Crippen LogP contribution is -2.40. The summed E-state index contributed by atoms with van der Waals surface area (Å²) in [5.74, 6) is 3.41. The summed E-state index contributed by atoms with van der Waals surface area (Å²) in [5.41, 5.74) is 3.24. The van der Waals surface area contributed by atoms with E-state index in [1.54, 1.807) is 21.3 Å². The van der Waals surface area contributed by atoms with Gasteiger partial charge in [-0.05, 0) is 31.2 Å². The fraction of sp³-hybridized carbons (Fsp3) is 0.364. The maximum atomic E-state index is 5.51. The van der Waals surface area contributed by atoms with Crippen LogP contribution in [-0.4, -0.2) is 55.3 Å². The Labute approximate surface area is 172 Å². The number of aliphatic imine (C=N–C) groups is 1. The lowest BCUT2D eigenvalue weighted by Gasteiger charge is -2.23. The SMILES string of the molecule is CN=C(NCCn1c(C)nc2ccccc21)N(C)Cc1ccc(OC)cc1OC. The molecular formula is C22H29N5O2. The molecule has 154 valence electrons. The second-order valence-corrected chi connectivity index (χ2v) is 6.81. The molecular weight excluding hydrogens is 366 g/mol. The van der Waals surface area contributed by atoms with Gasteiger partial charge in [-0.2, -0.15) is 0 Å². The van der Waals surface area contributed by atoms with E-state index in [-0.39, 0.29) is 0 Å². The van der Waals surface area contributed by atoms with Crippen molar-refractivity contribution in [3.8, 4) is 11.5 Å². The highest BCUT2D eigenvalue weighted by Crippen LogP contribution is 2.25. The average molecular weight is 396 g/mol. The fourth-order valence-corrected chi connectivity index (χ4v) is 3.46. The zero-order valence-corrected chi connectivity index (χ0v) is 17.8. The Hall–Kier alpha value is -3.22. The third-order valence-electron chi connectivity index (χ3n) is 4.94. The van der Waals surface area contributed by atoms with Crippen LogP contribution in [0.3, 0.4) is 0 Å². The van der Waals surface area contributed by atoms with Gasteiger partial charge < -0.3 is 24.3 Å². The van der Waals surface area contributed by atoms with Gasteiger partial charge in [-0.15, -0.1) is 0 Å². The monoisotopic (exact) mass is 395 g/mol. The molecule has 0 saturated heterocycles. The van der Waals surface area contributed by atoms with Crippen LogP contribution < -0.4 is 14.8 Å². The Morgan fingerprint density at radius 2 is 1.97 bits per heavy atom. The van der Waals surface area contributed by atoms with E-state index in [0.717, 1.165) is 53.0 Å². The van der Waals surface area contributed by atoms with Crippen molar-refractivity contribution in [1.82, 2.24) is 19.8 Å². The summed E-state index contributed by atoms with van der Waals surface area (Å²) < 4.78 is 13.0. The summed E-state index contributed by atoms with van der Waals surface area (Å²) in [5, 5.41) is 3.44. The van der Waals surface area contributed by atoms with Crippen molar-refractivity contribution in [2.24, 2.45) is 4.99 Å². The van der Waals surface area contributed by atoms with E-state index in [1.165, 1.54) is 0 Å². The number of para-hydroxylation sites is 2. The highest BCUT2D eigenvalue weighted by Gasteiger charge is 2.12. The van der Waals surface area contributed by atoms with E-state index in [2.05, 4.69) is 30.8 Å². The highest BCUT2D eigenvalue weighted by molar-refractivity contribution is 5.79. The van der Waals surface area contributed by atoms with Gasteiger partial charge in [0.15, 0.2) is 5.96 Å². The van der Waals surface area contributed by atoms with Gasteiger partial charge in [0.1, 0.15) is 17.3 Å². The first kappa shape index (κ1) is 20.5. The molecule has 0 atom stereocenters. The van der Waals surface area contributed by atoms with Gasteiger partial charge >= 0.3 is 0 Å². The number of aromatic nitrogens is 2. The molecule has 0 aliphatic carbocycles. The number of benzene rings is 2. The summed E-state index contributed by atoms with van der Waals surface area (Å²) in [6, 6.07) is 14.1. The first-order valence-electron chi connectivity index (χ1n) is 9.62. The maximum absolute atomic E-state index is 5.51. The quantitative estimate of drug-likeness (QED) is 0.492. The Kier molecular flexibility index (Phi) is 6.59. The number of methoxy groups -OCH3 is 2. The Morgan fingerprint density at radius 3 is 2.69 bits per heavy atom. The Balaban J connectivity index is 1.63. The van der Waals surface area contributed by atoms with Crippen LogP contribution in [0.2, 0.25) is 0 Å². The average Bonchev–Trinajstić information content (AvgIpc) is 3.06. The summed E-state index contributed by atoms with van der Waals surface area (Å²) >= 11 is 0. The predicted molar refractivity (Wildman–Crippen MR) is 117 cm³/mol. The summed E-state index contributed by atoms with van der Waals surface area (Å²) in [6.07, 6.45) is 0. The Bertz CT molecular complexity index is 996. The molecule has 0 aliphatic rings. The van der Waals surface area contributed by atoms with Crippen molar-refractivity contribution in [2.45, 2.75) is 20.0 Å². The minimum Gasteiger partial charge on any atom is -0.497 e. The fourth-order valence-electron chi connectivity index (χ4n) is 3.46. The van der Waals surface area contributed by atoms with Crippen molar-refractivity contribution in [3.05, 3.63) is 53.9 Å². The van der Waals surface area contributed by atoms with Crippen molar-refractivity contribution in [1.29, 1.82) is 0 Å². The molecule has 3 rings (SSSR count). The van der Waals surface area contributed by atoms with Crippen LogP contribution in [0.15, 0.2) is 47.5 Å². The summed E-state index contributed by atoms with van der Waals surface area (Å²) in [7, 11) is 7.12. The molecule has 0 spiro atoms. The molecule has 0 saturated carbocycles. The van der Waals surface area contributed by atoms with Gasteiger partial charge in [0.2, 0.25) is 0 Å². The van der Waals surface area contributed by atoms with Gasteiger partial charge in [-0.25, -0.2) is 4.98 Å². The number of guanidine groups is 1. The number of nitrogens with zero attached hydrogens (tertiary/aromatic N) is 4. The second-order valence-electron chi connectivity index (χ2n) is 6.81. The van der Waals surface area contributed by atoms with Crippen LogP contribution in [0.25, 0.3) is 11.0 Å². The van der Waals surface area contributed by atoms with Crippen LogP contribution in [-0.2, 0) is 13.1 Å². The van der Waals surface area contributed by atoms with Gasteiger partial charge in [0.05, 0.1) is 25.3 Å². The van der Waals surface area contributed by atoms with Crippen molar-refractivity contribution >= 4 is 17.0 Å². The zero-order chi connectivity index (χ0) is 20.8. The number of nitrogens with one attached hydrogen (secondary N) is 1. The zero-order valence-electron chi connectivity index (χ0n) is 17.8.